The van der Waals surface area contributed by atoms with Crippen molar-refractivity contribution in [3.05, 3.63) is 35.7 Å². The maximum atomic E-state index is 10.3. The molecule has 2 aromatic heterocycles. The van der Waals surface area contributed by atoms with E-state index in [2.05, 4.69) is 5.16 Å². The van der Waals surface area contributed by atoms with E-state index in [0.29, 0.717) is 12.2 Å². The van der Waals surface area contributed by atoms with Gasteiger partial charge in [-0.1, -0.05) is 17.3 Å². The summed E-state index contributed by atoms with van der Waals surface area (Å²) < 4.78 is 11.0. The molecule has 0 aliphatic carbocycles. The molecule has 3 aromatic rings. The number of hydrogen-bond donors (Lipinski definition) is 0. The SMILES string of the molecule is O=COc1cccc(-c2noc3ccsc23)c1. The van der Waals surface area contributed by atoms with Gasteiger partial charge in [-0.25, -0.2) is 0 Å². The molecule has 0 unspecified atom stereocenters. The standard InChI is InChI=1S/C12H7NO3S/c14-7-15-9-3-1-2-8(6-9)11-12-10(16-13-11)4-5-17-12/h1-7H. The summed E-state index contributed by atoms with van der Waals surface area (Å²) >= 11 is 1.57. The number of fused-ring (bicyclic) bond motifs is 1. The molecule has 0 saturated heterocycles. The lowest BCUT2D eigenvalue weighted by atomic mass is 10.1. The lowest BCUT2D eigenvalue weighted by Gasteiger charge is -1.99. The summed E-state index contributed by atoms with van der Waals surface area (Å²) in [7, 11) is 0. The smallest absolute Gasteiger partial charge is 0.298 e. The highest BCUT2D eigenvalue weighted by Crippen LogP contribution is 2.33. The summed E-state index contributed by atoms with van der Waals surface area (Å²) in [6.45, 7) is 0.405. The number of hydrogen-bond acceptors (Lipinski definition) is 5. The third kappa shape index (κ3) is 1.70. The Balaban J connectivity index is 2.12. The Bertz CT molecular complexity index is 671. The summed E-state index contributed by atoms with van der Waals surface area (Å²) in [5.74, 6) is 0.491. The van der Waals surface area contributed by atoms with Crippen molar-refractivity contribution in [3.8, 4) is 17.0 Å². The zero-order valence-corrected chi connectivity index (χ0v) is 9.44. The van der Waals surface area contributed by atoms with E-state index in [9.17, 15) is 4.79 Å². The van der Waals surface area contributed by atoms with Crippen molar-refractivity contribution in [1.29, 1.82) is 0 Å². The molecule has 0 amide bonds. The molecule has 4 nitrogen and oxygen atoms in total. The molecule has 0 aliphatic heterocycles. The van der Waals surface area contributed by atoms with Gasteiger partial charge in [0.05, 0.1) is 0 Å². The molecule has 1 aromatic carbocycles. The predicted molar refractivity (Wildman–Crippen MR) is 64.0 cm³/mol. The predicted octanol–water partition coefficient (Wildman–Crippen LogP) is 3.09. The van der Waals surface area contributed by atoms with E-state index in [4.69, 9.17) is 9.26 Å². The second-order valence-electron chi connectivity index (χ2n) is 3.39. The van der Waals surface area contributed by atoms with Gasteiger partial charge in [0.1, 0.15) is 16.1 Å². The van der Waals surface area contributed by atoms with Crippen molar-refractivity contribution in [2.75, 3.05) is 0 Å². The van der Waals surface area contributed by atoms with E-state index < -0.39 is 0 Å². The molecule has 0 saturated carbocycles. The Kier molecular flexibility index (Phi) is 2.38. The number of benzene rings is 1. The van der Waals surface area contributed by atoms with Gasteiger partial charge >= 0.3 is 0 Å². The van der Waals surface area contributed by atoms with Gasteiger partial charge < -0.3 is 9.26 Å². The van der Waals surface area contributed by atoms with E-state index >= 15 is 0 Å². The summed E-state index contributed by atoms with van der Waals surface area (Å²) in [6.07, 6.45) is 0. The number of thiophene rings is 1. The van der Waals surface area contributed by atoms with Crippen LogP contribution < -0.4 is 4.74 Å². The average Bonchev–Trinajstić information content (AvgIpc) is 2.91. The number of nitrogens with zero attached hydrogens (tertiary/aromatic N) is 1. The van der Waals surface area contributed by atoms with E-state index in [-0.39, 0.29) is 0 Å². The van der Waals surface area contributed by atoms with E-state index in [0.717, 1.165) is 21.5 Å². The van der Waals surface area contributed by atoms with Crippen LogP contribution in [0.25, 0.3) is 21.5 Å². The second kappa shape index (κ2) is 4.03. The number of ether oxygens (including phenoxy) is 1. The first-order valence-corrected chi connectivity index (χ1v) is 5.80. The van der Waals surface area contributed by atoms with E-state index in [1.165, 1.54) is 0 Å². The van der Waals surface area contributed by atoms with Gasteiger partial charge in [-0.15, -0.1) is 11.3 Å². The van der Waals surface area contributed by atoms with Crippen molar-refractivity contribution in [1.82, 2.24) is 5.16 Å². The van der Waals surface area contributed by atoms with Crippen LogP contribution in [0.15, 0.2) is 40.2 Å². The van der Waals surface area contributed by atoms with Gasteiger partial charge in [0.2, 0.25) is 0 Å². The molecule has 0 fully saturated rings. The second-order valence-corrected chi connectivity index (χ2v) is 4.30. The fraction of sp³-hybridized carbons (Fsp3) is 0. The van der Waals surface area contributed by atoms with Crippen LogP contribution in [-0.2, 0) is 4.79 Å². The van der Waals surface area contributed by atoms with Gasteiger partial charge in [-0.05, 0) is 23.6 Å². The zero-order valence-electron chi connectivity index (χ0n) is 8.62. The lowest BCUT2D eigenvalue weighted by molar-refractivity contribution is -0.120. The van der Waals surface area contributed by atoms with Crippen LogP contribution in [0, 0.1) is 0 Å². The average molecular weight is 245 g/mol. The molecule has 0 bridgehead atoms. The van der Waals surface area contributed by atoms with E-state index in [1.807, 2.05) is 23.6 Å². The quantitative estimate of drug-likeness (QED) is 0.665. The van der Waals surface area contributed by atoms with Gasteiger partial charge in [-0.2, -0.15) is 0 Å². The Hall–Kier alpha value is -2.14. The number of rotatable bonds is 3. The number of carbonyl (C=O) groups excluding carboxylic acids is 1. The highest BCUT2D eigenvalue weighted by molar-refractivity contribution is 7.17. The summed E-state index contributed by atoms with van der Waals surface area (Å²) in [5, 5.41) is 5.97. The Morgan fingerprint density at radius 3 is 3.18 bits per heavy atom. The monoisotopic (exact) mass is 245 g/mol. The maximum Gasteiger partial charge on any atom is 0.298 e. The Morgan fingerprint density at radius 1 is 1.35 bits per heavy atom. The molecule has 0 aliphatic rings. The molecule has 84 valence electrons. The van der Waals surface area contributed by atoms with Crippen LogP contribution in [0.3, 0.4) is 0 Å². The van der Waals surface area contributed by atoms with Gasteiger partial charge in [0.15, 0.2) is 5.58 Å². The third-order valence-electron chi connectivity index (χ3n) is 2.37. The first kappa shape index (κ1) is 10.0. The molecule has 0 atom stereocenters. The maximum absolute atomic E-state index is 10.3. The Labute approximate surface area is 100 Å². The van der Waals surface area contributed by atoms with Crippen molar-refractivity contribution in [3.63, 3.8) is 0 Å². The fourth-order valence-electron chi connectivity index (χ4n) is 1.63. The molecular formula is C12H7NO3S. The van der Waals surface area contributed by atoms with Crippen LogP contribution in [0.2, 0.25) is 0 Å². The first-order valence-electron chi connectivity index (χ1n) is 4.92. The van der Waals surface area contributed by atoms with Gasteiger partial charge in [0, 0.05) is 5.56 Å². The topological polar surface area (TPSA) is 52.3 Å². The van der Waals surface area contributed by atoms with Crippen LogP contribution in [0.1, 0.15) is 0 Å². The van der Waals surface area contributed by atoms with Gasteiger partial charge in [-0.3, -0.25) is 4.79 Å². The number of carbonyl (C=O) groups is 1. The molecule has 3 rings (SSSR count). The largest absolute Gasteiger partial charge is 0.429 e. The van der Waals surface area contributed by atoms with Crippen molar-refractivity contribution >= 4 is 28.1 Å². The van der Waals surface area contributed by atoms with Crippen LogP contribution in [0.4, 0.5) is 0 Å². The Morgan fingerprint density at radius 2 is 2.29 bits per heavy atom. The molecule has 5 heteroatoms. The van der Waals surface area contributed by atoms with Crippen molar-refractivity contribution < 1.29 is 14.1 Å². The highest BCUT2D eigenvalue weighted by Gasteiger charge is 2.11. The molecule has 17 heavy (non-hydrogen) atoms. The molecular weight excluding hydrogens is 238 g/mol. The van der Waals surface area contributed by atoms with Crippen LogP contribution in [-0.4, -0.2) is 11.6 Å². The molecule has 0 N–H and O–H groups in total. The minimum Gasteiger partial charge on any atom is -0.429 e. The first-order chi connectivity index (χ1) is 8.38. The zero-order chi connectivity index (χ0) is 11.7. The summed E-state index contributed by atoms with van der Waals surface area (Å²) in [5.41, 5.74) is 2.41. The minimum absolute atomic E-state index is 0.405. The van der Waals surface area contributed by atoms with Crippen molar-refractivity contribution in [2.45, 2.75) is 0 Å². The number of aromatic nitrogens is 1. The molecule has 0 spiro atoms. The van der Waals surface area contributed by atoms with E-state index in [1.54, 1.807) is 23.5 Å². The van der Waals surface area contributed by atoms with Crippen LogP contribution in [0.5, 0.6) is 5.75 Å². The lowest BCUT2D eigenvalue weighted by Crippen LogP contribution is -1.88. The van der Waals surface area contributed by atoms with Gasteiger partial charge in [0.25, 0.3) is 6.47 Å². The third-order valence-corrected chi connectivity index (χ3v) is 3.27. The molecule has 0 radical (unpaired) electrons. The van der Waals surface area contributed by atoms with Crippen LogP contribution >= 0.6 is 11.3 Å². The summed E-state index contributed by atoms with van der Waals surface area (Å²) in [4.78, 5) is 10.3. The summed E-state index contributed by atoms with van der Waals surface area (Å²) in [6, 6.07) is 9.05. The fourth-order valence-corrected chi connectivity index (χ4v) is 2.45. The highest BCUT2D eigenvalue weighted by atomic mass is 32.1. The molecule has 2 heterocycles. The minimum atomic E-state index is 0.405. The normalized spacial score (nSPS) is 10.6. The van der Waals surface area contributed by atoms with Crippen molar-refractivity contribution in [2.24, 2.45) is 0 Å².